The van der Waals surface area contributed by atoms with Crippen LogP contribution in [0.2, 0.25) is 0 Å². The zero-order valence-electron chi connectivity index (χ0n) is 13.6. The van der Waals surface area contributed by atoms with Crippen molar-refractivity contribution in [3.8, 4) is 5.75 Å². The first-order valence-corrected chi connectivity index (χ1v) is 8.52. The van der Waals surface area contributed by atoms with Crippen LogP contribution in [-0.2, 0) is 4.79 Å². The van der Waals surface area contributed by atoms with Crippen molar-refractivity contribution in [3.63, 3.8) is 0 Å². The lowest BCUT2D eigenvalue weighted by atomic mass is 10.1. The highest BCUT2D eigenvalue weighted by Gasteiger charge is 2.35. The van der Waals surface area contributed by atoms with Crippen molar-refractivity contribution >= 4 is 11.7 Å². The Bertz CT molecular complexity index is 546. The molecule has 2 unspecified atom stereocenters. The molecule has 2 aliphatic rings. The van der Waals surface area contributed by atoms with Crippen LogP contribution in [0.3, 0.4) is 0 Å². The number of amides is 1. The molecule has 3 heterocycles. The summed E-state index contributed by atoms with van der Waals surface area (Å²) in [6, 6.07) is 3.62. The van der Waals surface area contributed by atoms with Crippen LogP contribution in [0.25, 0.3) is 0 Å². The van der Waals surface area contributed by atoms with Crippen LogP contribution in [0.1, 0.15) is 32.6 Å². The SMILES string of the molecule is CCC1Oc2cccnc2N(CC(O)CN2CCCCC2)C1=O. The number of anilines is 1. The molecule has 1 fully saturated rings. The fourth-order valence-electron chi connectivity index (χ4n) is 3.30. The van der Waals surface area contributed by atoms with Crippen molar-refractivity contribution in [1.29, 1.82) is 0 Å². The van der Waals surface area contributed by atoms with Gasteiger partial charge in [-0.15, -0.1) is 0 Å². The molecule has 1 amide bonds. The third-order valence-corrected chi connectivity index (χ3v) is 4.50. The standard InChI is InChI=1S/C17H25N3O3/c1-2-14-17(22)20(16-15(23-14)7-6-8-18-16)12-13(21)11-19-9-4-3-5-10-19/h6-8,13-14,21H,2-5,9-12H2,1H3. The normalized spacial score (nSPS) is 23.3. The highest BCUT2D eigenvalue weighted by Crippen LogP contribution is 2.32. The first-order chi connectivity index (χ1) is 11.2. The fourth-order valence-corrected chi connectivity index (χ4v) is 3.30. The van der Waals surface area contributed by atoms with E-state index in [-0.39, 0.29) is 12.5 Å². The third kappa shape index (κ3) is 3.64. The van der Waals surface area contributed by atoms with E-state index in [1.54, 1.807) is 17.2 Å². The quantitative estimate of drug-likeness (QED) is 0.889. The summed E-state index contributed by atoms with van der Waals surface area (Å²) in [5, 5.41) is 10.5. The predicted molar refractivity (Wildman–Crippen MR) is 87.6 cm³/mol. The minimum atomic E-state index is -0.581. The molecule has 0 radical (unpaired) electrons. The van der Waals surface area contributed by atoms with E-state index in [0.29, 0.717) is 24.5 Å². The topological polar surface area (TPSA) is 65.9 Å². The van der Waals surface area contributed by atoms with Crippen molar-refractivity contribution in [2.24, 2.45) is 0 Å². The molecule has 0 bridgehead atoms. The Hall–Kier alpha value is -1.66. The number of ether oxygens (including phenoxy) is 1. The van der Waals surface area contributed by atoms with Gasteiger partial charge in [0.05, 0.1) is 12.6 Å². The molecule has 0 saturated carbocycles. The minimum absolute atomic E-state index is 0.114. The molecule has 1 aromatic rings. The van der Waals surface area contributed by atoms with E-state index in [4.69, 9.17) is 4.74 Å². The van der Waals surface area contributed by atoms with Crippen molar-refractivity contribution in [2.45, 2.75) is 44.8 Å². The van der Waals surface area contributed by atoms with Crippen LogP contribution < -0.4 is 9.64 Å². The van der Waals surface area contributed by atoms with Crippen molar-refractivity contribution in [2.75, 3.05) is 31.1 Å². The highest BCUT2D eigenvalue weighted by molar-refractivity contribution is 5.98. The molecule has 1 N–H and O–H groups in total. The highest BCUT2D eigenvalue weighted by atomic mass is 16.5. The average molecular weight is 319 g/mol. The van der Waals surface area contributed by atoms with Crippen molar-refractivity contribution in [3.05, 3.63) is 18.3 Å². The van der Waals surface area contributed by atoms with Crippen LogP contribution in [0.15, 0.2) is 18.3 Å². The number of aromatic nitrogens is 1. The molecule has 2 atom stereocenters. The van der Waals surface area contributed by atoms with Gasteiger partial charge in [-0.3, -0.25) is 9.69 Å². The number of carbonyl (C=O) groups is 1. The second-order valence-electron chi connectivity index (χ2n) is 6.30. The van der Waals surface area contributed by atoms with Crippen LogP contribution in [-0.4, -0.2) is 59.3 Å². The molecule has 1 aromatic heterocycles. The monoisotopic (exact) mass is 319 g/mol. The maximum absolute atomic E-state index is 12.6. The number of aliphatic hydroxyl groups is 1. The van der Waals surface area contributed by atoms with E-state index in [2.05, 4.69) is 9.88 Å². The molecule has 2 aliphatic heterocycles. The fraction of sp³-hybridized carbons (Fsp3) is 0.647. The van der Waals surface area contributed by atoms with E-state index in [9.17, 15) is 9.90 Å². The van der Waals surface area contributed by atoms with Crippen LogP contribution in [0.5, 0.6) is 5.75 Å². The van der Waals surface area contributed by atoms with Gasteiger partial charge < -0.3 is 14.7 Å². The Morgan fingerprint density at radius 3 is 2.87 bits per heavy atom. The Morgan fingerprint density at radius 2 is 2.13 bits per heavy atom. The molecule has 1 saturated heterocycles. The predicted octanol–water partition coefficient (Wildman–Crippen LogP) is 1.43. The maximum Gasteiger partial charge on any atom is 0.269 e. The summed E-state index contributed by atoms with van der Waals surface area (Å²) >= 11 is 0. The van der Waals surface area contributed by atoms with E-state index in [1.807, 2.05) is 13.0 Å². The summed E-state index contributed by atoms with van der Waals surface area (Å²) in [7, 11) is 0. The van der Waals surface area contributed by atoms with Gasteiger partial charge in [0.1, 0.15) is 0 Å². The molecule has 0 aliphatic carbocycles. The molecule has 3 rings (SSSR count). The van der Waals surface area contributed by atoms with E-state index in [1.165, 1.54) is 19.3 Å². The van der Waals surface area contributed by atoms with Gasteiger partial charge in [-0.1, -0.05) is 13.3 Å². The Kier molecular flexibility index (Phi) is 5.13. The largest absolute Gasteiger partial charge is 0.477 e. The van der Waals surface area contributed by atoms with Gasteiger partial charge in [0.2, 0.25) is 0 Å². The Balaban J connectivity index is 1.70. The molecular weight excluding hydrogens is 294 g/mol. The number of likely N-dealkylation sites (tertiary alicyclic amines) is 1. The number of hydrogen-bond acceptors (Lipinski definition) is 5. The van der Waals surface area contributed by atoms with Gasteiger partial charge in [0.25, 0.3) is 5.91 Å². The van der Waals surface area contributed by atoms with Gasteiger partial charge in [-0.25, -0.2) is 4.98 Å². The summed E-state index contributed by atoms with van der Waals surface area (Å²) < 4.78 is 5.71. The van der Waals surface area contributed by atoms with Crippen LogP contribution >= 0.6 is 0 Å². The van der Waals surface area contributed by atoms with Crippen molar-refractivity contribution < 1.29 is 14.6 Å². The number of aliphatic hydroxyl groups excluding tert-OH is 1. The number of carbonyl (C=O) groups excluding carboxylic acids is 1. The Morgan fingerprint density at radius 1 is 1.35 bits per heavy atom. The van der Waals surface area contributed by atoms with Gasteiger partial charge in [-0.05, 0) is 44.5 Å². The third-order valence-electron chi connectivity index (χ3n) is 4.50. The zero-order valence-corrected chi connectivity index (χ0v) is 13.6. The van der Waals surface area contributed by atoms with Gasteiger partial charge >= 0.3 is 0 Å². The lowest BCUT2D eigenvalue weighted by Crippen LogP contribution is -2.50. The van der Waals surface area contributed by atoms with E-state index in [0.717, 1.165) is 13.1 Å². The first-order valence-electron chi connectivity index (χ1n) is 8.52. The molecule has 6 nitrogen and oxygen atoms in total. The second kappa shape index (κ2) is 7.27. The molecule has 23 heavy (non-hydrogen) atoms. The summed E-state index contributed by atoms with van der Waals surface area (Å²) in [4.78, 5) is 20.7. The van der Waals surface area contributed by atoms with Crippen molar-refractivity contribution in [1.82, 2.24) is 9.88 Å². The number of piperidine rings is 1. The molecule has 6 heteroatoms. The van der Waals surface area contributed by atoms with Gasteiger partial charge in [0.15, 0.2) is 17.7 Å². The smallest absolute Gasteiger partial charge is 0.269 e. The second-order valence-corrected chi connectivity index (χ2v) is 6.30. The minimum Gasteiger partial charge on any atom is -0.477 e. The first kappa shape index (κ1) is 16.2. The lowest BCUT2D eigenvalue weighted by molar-refractivity contribution is -0.127. The number of pyridine rings is 1. The molecular formula is C17H25N3O3. The van der Waals surface area contributed by atoms with Crippen LogP contribution in [0.4, 0.5) is 5.82 Å². The number of rotatable bonds is 5. The zero-order chi connectivity index (χ0) is 16.2. The molecule has 126 valence electrons. The van der Waals surface area contributed by atoms with E-state index < -0.39 is 12.2 Å². The Labute approximate surface area is 137 Å². The summed E-state index contributed by atoms with van der Waals surface area (Å²) in [6.45, 7) is 4.84. The molecule has 0 spiro atoms. The average Bonchev–Trinajstić information content (AvgIpc) is 2.58. The summed E-state index contributed by atoms with van der Waals surface area (Å²) in [6.07, 6.45) is 4.81. The molecule has 0 aromatic carbocycles. The number of hydrogen-bond donors (Lipinski definition) is 1. The van der Waals surface area contributed by atoms with Gasteiger partial charge in [0, 0.05) is 12.7 Å². The number of β-amino-alcohol motifs (C(OH)–C–C–N with tert-alkyl or cyclic N) is 1. The van der Waals surface area contributed by atoms with E-state index >= 15 is 0 Å². The maximum atomic E-state index is 12.6. The summed E-state index contributed by atoms with van der Waals surface area (Å²) in [5.41, 5.74) is 0. The lowest BCUT2D eigenvalue weighted by Gasteiger charge is -2.35. The van der Waals surface area contributed by atoms with Crippen LogP contribution in [0, 0.1) is 0 Å². The summed E-state index contributed by atoms with van der Waals surface area (Å²) in [5.74, 6) is 1.01. The number of nitrogens with zero attached hydrogens (tertiary/aromatic N) is 3. The van der Waals surface area contributed by atoms with Gasteiger partial charge in [-0.2, -0.15) is 0 Å². The number of fused-ring (bicyclic) bond motifs is 1.